The molecule has 13 heavy (non-hydrogen) atoms. The highest BCUT2D eigenvalue weighted by atomic mass is 35.5. The first kappa shape index (κ1) is 12.5. The summed E-state index contributed by atoms with van der Waals surface area (Å²) in [7, 11) is 0. The number of carboxylic acids is 1. The van der Waals surface area contributed by atoms with Gasteiger partial charge in [0.25, 0.3) is 0 Å². The smallest absolute Gasteiger partial charge is 0.310 e. The van der Waals surface area contributed by atoms with Crippen molar-refractivity contribution in [2.24, 2.45) is 17.6 Å². The summed E-state index contributed by atoms with van der Waals surface area (Å²) >= 11 is 5.84. The number of hydrogen-bond donors (Lipinski definition) is 2. The third-order valence-electron chi connectivity index (χ3n) is 1.84. The molecule has 0 aliphatic rings. The molecule has 0 fully saturated rings. The minimum Gasteiger partial charge on any atom is -0.481 e. The van der Waals surface area contributed by atoms with Crippen LogP contribution in [0, 0.1) is 11.8 Å². The van der Waals surface area contributed by atoms with Gasteiger partial charge in [-0.2, -0.15) is 0 Å². The summed E-state index contributed by atoms with van der Waals surface area (Å²) in [6, 6.07) is -0.275. The first-order chi connectivity index (χ1) is 5.86. The predicted molar refractivity (Wildman–Crippen MR) is 53.5 cm³/mol. The molecule has 0 amide bonds. The lowest BCUT2D eigenvalue weighted by Crippen LogP contribution is -2.27. The van der Waals surface area contributed by atoms with Gasteiger partial charge >= 0.3 is 5.97 Å². The first-order valence-electron chi connectivity index (χ1n) is 4.21. The maximum absolute atomic E-state index is 10.5. The van der Waals surface area contributed by atoms with E-state index in [4.69, 9.17) is 22.4 Å². The van der Waals surface area contributed by atoms with E-state index in [-0.39, 0.29) is 12.0 Å². The summed E-state index contributed by atoms with van der Waals surface area (Å²) in [6.45, 7) is 5.44. The van der Waals surface area contributed by atoms with Gasteiger partial charge in [0, 0.05) is 11.1 Å². The molecule has 3 N–H and O–H groups in total. The van der Waals surface area contributed by atoms with Crippen molar-refractivity contribution in [3.8, 4) is 0 Å². The van der Waals surface area contributed by atoms with Crippen molar-refractivity contribution in [1.82, 2.24) is 0 Å². The highest BCUT2D eigenvalue weighted by Crippen LogP contribution is 2.16. The summed E-state index contributed by atoms with van der Waals surface area (Å²) in [5.41, 5.74) is 5.72. The van der Waals surface area contributed by atoms with Crippen LogP contribution in [0.4, 0.5) is 0 Å². The molecule has 4 heteroatoms. The summed E-state index contributed by atoms with van der Waals surface area (Å²) in [5, 5.41) is 9.03. The lowest BCUT2D eigenvalue weighted by Gasteiger charge is -2.15. The Morgan fingerprint density at radius 1 is 1.46 bits per heavy atom. The second kappa shape index (κ2) is 5.25. The van der Waals surface area contributed by atoms with E-state index >= 15 is 0 Å². The molecule has 0 aliphatic carbocycles. The Morgan fingerprint density at radius 3 is 2.23 bits per heavy atom. The Hall–Kier alpha value is -0.540. The van der Waals surface area contributed by atoms with Crippen LogP contribution >= 0.6 is 11.6 Å². The maximum atomic E-state index is 10.5. The van der Waals surface area contributed by atoms with E-state index in [0.29, 0.717) is 5.03 Å². The summed E-state index contributed by atoms with van der Waals surface area (Å²) in [4.78, 5) is 10.5. The fourth-order valence-corrected chi connectivity index (χ4v) is 1.18. The van der Waals surface area contributed by atoms with E-state index in [2.05, 4.69) is 0 Å². The lowest BCUT2D eigenvalue weighted by molar-refractivity contribution is -0.139. The molecular formula is C9H16ClNO2. The number of halogens is 1. The van der Waals surface area contributed by atoms with Crippen molar-refractivity contribution < 1.29 is 9.90 Å². The van der Waals surface area contributed by atoms with Crippen LogP contribution in [-0.2, 0) is 4.79 Å². The molecule has 3 nitrogen and oxygen atoms in total. The lowest BCUT2D eigenvalue weighted by atomic mass is 10.0. The summed E-state index contributed by atoms with van der Waals surface area (Å²) in [6.07, 6.45) is 1.48. The van der Waals surface area contributed by atoms with Crippen LogP contribution in [0.5, 0.6) is 0 Å². The van der Waals surface area contributed by atoms with Crippen molar-refractivity contribution in [2.75, 3.05) is 0 Å². The van der Waals surface area contributed by atoms with E-state index in [1.807, 2.05) is 13.8 Å². The zero-order valence-corrected chi connectivity index (χ0v) is 8.88. The van der Waals surface area contributed by atoms with Crippen molar-refractivity contribution in [3.05, 3.63) is 11.1 Å². The van der Waals surface area contributed by atoms with Gasteiger partial charge in [-0.1, -0.05) is 31.5 Å². The highest BCUT2D eigenvalue weighted by molar-refractivity contribution is 6.30. The van der Waals surface area contributed by atoms with E-state index in [1.165, 1.54) is 6.08 Å². The molecule has 0 radical (unpaired) electrons. The van der Waals surface area contributed by atoms with Crippen molar-refractivity contribution in [1.29, 1.82) is 0 Å². The molecular weight excluding hydrogens is 190 g/mol. The van der Waals surface area contributed by atoms with Gasteiger partial charge in [-0.25, -0.2) is 0 Å². The predicted octanol–water partition coefficient (Wildman–Crippen LogP) is 1.81. The number of hydrogen-bond acceptors (Lipinski definition) is 2. The van der Waals surface area contributed by atoms with Crippen molar-refractivity contribution in [2.45, 2.75) is 26.8 Å². The molecule has 0 rings (SSSR count). The van der Waals surface area contributed by atoms with E-state index in [0.717, 1.165) is 0 Å². The topological polar surface area (TPSA) is 63.3 Å². The molecule has 0 aliphatic heterocycles. The van der Waals surface area contributed by atoms with Gasteiger partial charge in [0.2, 0.25) is 0 Å². The second-order valence-electron chi connectivity index (χ2n) is 3.45. The molecule has 0 heterocycles. The van der Waals surface area contributed by atoms with Crippen LogP contribution in [0.2, 0.25) is 0 Å². The van der Waals surface area contributed by atoms with Crippen LogP contribution < -0.4 is 5.73 Å². The van der Waals surface area contributed by atoms with E-state index in [1.54, 1.807) is 6.92 Å². The molecule has 0 aromatic rings. The normalized spacial score (nSPS) is 17.2. The first-order valence-corrected chi connectivity index (χ1v) is 4.59. The van der Waals surface area contributed by atoms with Crippen molar-refractivity contribution >= 4 is 17.6 Å². The number of aliphatic carboxylic acids is 1. The standard InChI is InChI=1S/C9H16ClNO2/c1-5(2)8(11)7(10)4-6(3)9(12)13/h4-6,8H,11H2,1-3H3,(H,12,13)/b7-4+/t6-,8+/m1/s1. The highest BCUT2D eigenvalue weighted by Gasteiger charge is 2.14. The molecule has 76 valence electrons. The summed E-state index contributed by atoms with van der Waals surface area (Å²) in [5.74, 6) is -1.27. The number of nitrogens with two attached hydrogens (primary N) is 1. The fourth-order valence-electron chi connectivity index (χ4n) is 0.740. The third kappa shape index (κ3) is 4.29. The zero-order valence-electron chi connectivity index (χ0n) is 8.12. The average Bonchev–Trinajstić information content (AvgIpc) is 2.02. The van der Waals surface area contributed by atoms with Gasteiger partial charge < -0.3 is 10.8 Å². The van der Waals surface area contributed by atoms with Gasteiger partial charge in [-0.05, 0) is 12.8 Å². The van der Waals surface area contributed by atoms with Gasteiger partial charge in [0.15, 0.2) is 0 Å². The molecule has 0 aromatic carbocycles. The zero-order chi connectivity index (χ0) is 10.6. The molecule has 0 unspecified atom stereocenters. The average molecular weight is 206 g/mol. The Morgan fingerprint density at radius 2 is 1.92 bits per heavy atom. The Labute approximate surface area is 83.6 Å². The van der Waals surface area contributed by atoms with Crippen LogP contribution in [0.1, 0.15) is 20.8 Å². The molecule has 0 aromatic heterocycles. The van der Waals surface area contributed by atoms with Crippen LogP contribution in [0.3, 0.4) is 0 Å². The second-order valence-corrected chi connectivity index (χ2v) is 3.88. The summed E-state index contributed by atoms with van der Waals surface area (Å²) < 4.78 is 0. The monoisotopic (exact) mass is 205 g/mol. The molecule has 0 bridgehead atoms. The Bertz CT molecular complexity index is 214. The quantitative estimate of drug-likeness (QED) is 0.736. The van der Waals surface area contributed by atoms with Gasteiger partial charge in [0.05, 0.1) is 5.92 Å². The minimum atomic E-state index is -0.894. The van der Waals surface area contributed by atoms with Crippen LogP contribution in [-0.4, -0.2) is 17.1 Å². The largest absolute Gasteiger partial charge is 0.481 e. The van der Waals surface area contributed by atoms with Gasteiger partial charge in [-0.15, -0.1) is 0 Å². The molecule has 0 saturated carbocycles. The molecule has 2 atom stereocenters. The number of carbonyl (C=O) groups is 1. The molecule has 0 saturated heterocycles. The van der Waals surface area contributed by atoms with Gasteiger partial charge in [0.1, 0.15) is 0 Å². The Balaban J connectivity index is 4.39. The third-order valence-corrected chi connectivity index (χ3v) is 2.21. The number of carboxylic acid groups (broad SMARTS) is 1. The SMILES string of the molecule is CC(C)[C@H](N)/C(Cl)=C\[C@@H](C)C(=O)O. The molecule has 0 spiro atoms. The van der Waals surface area contributed by atoms with Crippen LogP contribution in [0.15, 0.2) is 11.1 Å². The maximum Gasteiger partial charge on any atom is 0.310 e. The van der Waals surface area contributed by atoms with Gasteiger partial charge in [-0.3, -0.25) is 4.79 Å². The van der Waals surface area contributed by atoms with Crippen molar-refractivity contribution in [3.63, 3.8) is 0 Å². The van der Waals surface area contributed by atoms with E-state index in [9.17, 15) is 4.79 Å². The Kier molecular flexibility index (Phi) is 5.03. The fraction of sp³-hybridized carbons (Fsp3) is 0.667. The number of rotatable bonds is 4. The van der Waals surface area contributed by atoms with E-state index < -0.39 is 11.9 Å². The van der Waals surface area contributed by atoms with Crippen LogP contribution in [0.25, 0.3) is 0 Å². The minimum absolute atomic E-state index is 0.213.